The molecule has 1 aromatic heterocycles. The predicted octanol–water partition coefficient (Wildman–Crippen LogP) is 5.05. The molecule has 110 valence electrons. The van der Waals surface area contributed by atoms with Gasteiger partial charge in [-0.3, -0.25) is 4.79 Å². The Morgan fingerprint density at radius 3 is 2.36 bits per heavy atom. The van der Waals surface area contributed by atoms with E-state index in [4.69, 9.17) is 0 Å². The third-order valence-electron chi connectivity index (χ3n) is 3.19. The van der Waals surface area contributed by atoms with Gasteiger partial charge in [0.15, 0.2) is 0 Å². The lowest BCUT2D eigenvalue weighted by Gasteiger charge is -2.09. The van der Waals surface area contributed by atoms with Crippen LogP contribution in [0.3, 0.4) is 0 Å². The molecule has 3 nitrogen and oxygen atoms in total. The lowest BCUT2D eigenvalue weighted by Crippen LogP contribution is -2.09. The highest BCUT2D eigenvalue weighted by atomic mass is 32.1. The molecule has 0 aliphatic rings. The zero-order valence-corrected chi connectivity index (χ0v) is 13.0. The molecule has 3 rings (SSSR count). The molecular formula is C18H16N2OS. The molecule has 1 heterocycles. The van der Waals surface area contributed by atoms with Crippen LogP contribution in [0.5, 0.6) is 0 Å². The molecule has 0 unspecified atom stereocenters. The molecule has 4 heteroatoms. The second-order valence-corrected chi connectivity index (χ2v) is 5.95. The number of carbonyl (C=O) groups is 1. The van der Waals surface area contributed by atoms with E-state index in [9.17, 15) is 4.79 Å². The molecule has 0 atom stereocenters. The van der Waals surface area contributed by atoms with Crippen LogP contribution in [0.2, 0.25) is 0 Å². The number of carbonyl (C=O) groups excluding carboxylic acids is 1. The topological polar surface area (TPSA) is 41.1 Å². The highest BCUT2D eigenvalue weighted by molar-refractivity contribution is 7.12. The van der Waals surface area contributed by atoms with Crippen molar-refractivity contribution in [2.45, 2.75) is 6.92 Å². The van der Waals surface area contributed by atoms with Gasteiger partial charge in [-0.2, -0.15) is 0 Å². The number of hydrogen-bond donors (Lipinski definition) is 2. The standard InChI is InChI=1S/C18H16N2OS/c1-13-4-2-5-16(12-13)19-14-7-9-15(10-8-14)20-18(21)17-6-3-11-22-17/h2-12,19H,1H3,(H,20,21). The van der Waals surface area contributed by atoms with E-state index in [-0.39, 0.29) is 5.91 Å². The van der Waals surface area contributed by atoms with Gasteiger partial charge in [0, 0.05) is 17.1 Å². The van der Waals surface area contributed by atoms with Crippen molar-refractivity contribution in [2.24, 2.45) is 0 Å². The largest absolute Gasteiger partial charge is 0.356 e. The van der Waals surface area contributed by atoms with Gasteiger partial charge < -0.3 is 10.6 Å². The fourth-order valence-corrected chi connectivity index (χ4v) is 2.75. The molecule has 0 fully saturated rings. The Hall–Kier alpha value is -2.59. The molecule has 3 aromatic rings. The van der Waals surface area contributed by atoms with Gasteiger partial charge in [-0.1, -0.05) is 18.2 Å². The molecule has 0 bridgehead atoms. The van der Waals surface area contributed by atoms with Crippen LogP contribution in [0.15, 0.2) is 66.0 Å². The van der Waals surface area contributed by atoms with Crippen molar-refractivity contribution in [3.05, 3.63) is 76.5 Å². The second-order valence-electron chi connectivity index (χ2n) is 5.00. The zero-order chi connectivity index (χ0) is 15.4. The first-order chi connectivity index (χ1) is 10.7. The summed E-state index contributed by atoms with van der Waals surface area (Å²) in [5, 5.41) is 8.12. The number of anilines is 3. The van der Waals surface area contributed by atoms with Crippen LogP contribution in [-0.2, 0) is 0 Å². The van der Waals surface area contributed by atoms with Crippen molar-refractivity contribution in [3.63, 3.8) is 0 Å². The number of benzene rings is 2. The summed E-state index contributed by atoms with van der Waals surface area (Å²) in [5.41, 5.74) is 4.04. The lowest BCUT2D eigenvalue weighted by molar-refractivity contribution is 0.103. The van der Waals surface area contributed by atoms with Gasteiger partial charge in [0.2, 0.25) is 0 Å². The fourth-order valence-electron chi connectivity index (χ4n) is 2.13. The monoisotopic (exact) mass is 308 g/mol. The first-order valence-corrected chi connectivity index (χ1v) is 7.87. The van der Waals surface area contributed by atoms with E-state index < -0.39 is 0 Å². The van der Waals surface area contributed by atoms with E-state index >= 15 is 0 Å². The summed E-state index contributed by atoms with van der Waals surface area (Å²) >= 11 is 1.43. The van der Waals surface area contributed by atoms with E-state index in [1.165, 1.54) is 16.9 Å². The summed E-state index contributed by atoms with van der Waals surface area (Å²) in [6, 6.07) is 19.6. The maximum absolute atomic E-state index is 12.0. The van der Waals surface area contributed by atoms with Gasteiger partial charge in [0.25, 0.3) is 5.91 Å². The van der Waals surface area contributed by atoms with Crippen molar-refractivity contribution >= 4 is 34.3 Å². The van der Waals surface area contributed by atoms with Crippen molar-refractivity contribution in [3.8, 4) is 0 Å². The first kappa shape index (κ1) is 14.4. The summed E-state index contributed by atoms with van der Waals surface area (Å²) in [7, 11) is 0. The SMILES string of the molecule is Cc1cccc(Nc2ccc(NC(=O)c3cccs3)cc2)c1. The molecule has 0 saturated heterocycles. The Balaban J connectivity index is 1.66. The average molecular weight is 308 g/mol. The van der Waals surface area contributed by atoms with Crippen LogP contribution >= 0.6 is 11.3 Å². The number of rotatable bonds is 4. The summed E-state index contributed by atoms with van der Waals surface area (Å²) in [6.45, 7) is 2.06. The maximum Gasteiger partial charge on any atom is 0.265 e. The van der Waals surface area contributed by atoms with E-state index in [1.54, 1.807) is 0 Å². The van der Waals surface area contributed by atoms with E-state index in [1.807, 2.05) is 53.9 Å². The molecule has 0 radical (unpaired) electrons. The lowest BCUT2D eigenvalue weighted by atomic mass is 10.2. The van der Waals surface area contributed by atoms with Crippen LogP contribution in [0, 0.1) is 6.92 Å². The number of nitrogens with one attached hydrogen (secondary N) is 2. The average Bonchev–Trinajstić information content (AvgIpc) is 3.04. The number of amides is 1. The summed E-state index contributed by atoms with van der Waals surface area (Å²) < 4.78 is 0. The van der Waals surface area contributed by atoms with Crippen LogP contribution < -0.4 is 10.6 Å². The van der Waals surface area contributed by atoms with Gasteiger partial charge in [0.1, 0.15) is 0 Å². The fraction of sp³-hybridized carbons (Fsp3) is 0.0556. The van der Waals surface area contributed by atoms with Gasteiger partial charge in [-0.15, -0.1) is 11.3 Å². The minimum Gasteiger partial charge on any atom is -0.356 e. The highest BCUT2D eigenvalue weighted by Gasteiger charge is 2.06. The van der Waals surface area contributed by atoms with E-state index in [2.05, 4.69) is 29.7 Å². The molecule has 2 N–H and O–H groups in total. The normalized spacial score (nSPS) is 10.2. The molecule has 0 aliphatic heterocycles. The van der Waals surface area contributed by atoms with Gasteiger partial charge in [0.05, 0.1) is 4.88 Å². The van der Waals surface area contributed by atoms with E-state index in [0.717, 1.165) is 17.1 Å². The van der Waals surface area contributed by atoms with Crippen LogP contribution in [0.4, 0.5) is 17.1 Å². The third kappa shape index (κ3) is 3.54. The van der Waals surface area contributed by atoms with E-state index in [0.29, 0.717) is 4.88 Å². The Labute approximate surface area is 133 Å². The smallest absolute Gasteiger partial charge is 0.265 e. The summed E-state index contributed by atoms with van der Waals surface area (Å²) in [6.07, 6.45) is 0. The van der Waals surface area contributed by atoms with Gasteiger partial charge in [-0.25, -0.2) is 0 Å². The van der Waals surface area contributed by atoms with Crippen molar-refractivity contribution < 1.29 is 4.79 Å². The highest BCUT2D eigenvalue weighted by Crippen LogP contribution is 2.20. The zero-order valence-electron chi connectivity index (χ0n) is 12.2. The maximum atomic E-state index is 12.0. The van der Waals surface area contributed by atoms with Crippen LogP contribution in [-0.4, -0.2) is 5.91 Å². The molecule has 0 spiro atoms. The molecular weight excluding hydrogens is 292 g/mol. The minimum absolute atomic E-state index is 0.0746. The van der Waals surface area contributed by atoms with Gasteiger partial charge in [-0.05, 0) is 60.3 Å². The Kier molecular flexibility index (Phi) is 4.21. The Morgan fingerprint density at radius 1 is 0.909 bits per heavy atom. The van der Waals surface area contributed by atoms with Crippen LogP contribution in [0.25, 0.3) is 0 Å². The molecule has 1 amide bonds. The third-order valence-corrected chi connectivity index (χ3v) is 4.06. The number of thiophene rings is 1. The summed E-state index contributed by atoms with van der Waals surface area (Å²) in [4.78, 5) is 12.7. The summed E-state index contributed by atoms with van der Waals surface area (Å²) in [5.74, 6) is -0.0746. The minimum atomic E-state index is -0.0746. The van der Waals surface area contributed by atoms with Gasteiger partial charge >= 0.3 is 0 Å². The first-order valence-electron chi connectivity index (χ1n) is 6.99. The van der Waals surface area contributed by atoms with Crippen molar-refractivity contribution in [1.29, 1.82) is 0 Å². The molecule has 2 aromatic carbocycles. The predicted molar refractivity (Wildman–Crippen MR) is 93.2 cm³/mol. The quantitative estimate of drug-likeness (QED) is 0.708. The number of hydrogen-bond acceptors (Lipinski definition) is 3. The molecule has 22 heavy (non-hydrogen) atoms. The van der Waals surface area contributed by atoms with Crippen molar-refractivity contribution in [2.75, 3.05) is 10.6 Å². The Bertz CT molecular complexity index is 764. The number of aryl methyl sites for hydroxylation is 1. The second kappa shape index (κ2) is 6.45. The Morgan fingerprint density at radius 2 is 1.68 bits per heavy atom. The van der Waals surface area contributed by atoms with Crippen molar-refractivity contribution in [1.82, 2.24) is 0 Å². The van der Waals surface area contributed by atoms with Crippen LogP contribution in [0.1, 0.15) is 15.2 Å². The molecule has 0 saturated carbocycles. The molecule has 0 aliphatic carbocycles.